The fourth-order valence-corrected chi connectivity index (χ4v) is 3.41. The van der Waals surface area contributed by atoms with Gasteiger partial charge >= 0.3 is 6.03 Å². The highest BCUT2D eigenvalue weighted by molar-refractivity contribution is 5.74. The number of amides is 2. The number of hydrogen-bond donors (Lipinski definition) is 1. The van der Waals surface area contributed by atoms with Gasteiger partial charge in [0.1, 0.15) is 5.75 Å². The number of benzene rings is 1. The molecule has 25 heavy (non-hydrogen) atoms. The molecule has 1 N–H and O–H groups in total. The summed E-state index contributed by atoms with van der Waals surface area (Å²) in [5.41, 5.74) is 1.00. The van der Waals surface area contributed by atoms with Crippen molar-refractivity contribution in [1.82, 2.24) is 15.1 Å². The molecule has 0 saturated heterocycles. The molecule has 1 aliphatic rings. The third kappa shape index (κ3) is 6.58. The van der Waals surface area contributed by atoms with E-state index >= 15 is 0 Å². The molecule has 2 rings (SSSR count). The number of nitrogens with one attached hydrogen (secondary N) is 1. The van der Waals surface area contributed by atoms with Crippen molar-refractivity contribution in [3.63, 3.8) is 0 Å². The van der Waals surface area contributed by atoms with Gasteiger partial charge < -0.3 is 19.9 Å². The van der Waals surface area contributed by atoms with Crippen LogP contribution >= 0.6 is 0 Å². The van der Waals surface area contributed by atoms with Crippen LogP contribution in [0.5, 0.6) is 5.75 Å². The molecule has 1 fully saturated rings. The first kappa shape index (κ1) is 19.6. The van der Waals surface area contributed by atoms with Crippen molar-refractivity contribution in [3.8, 4) is 5.75 Å². The zero-order valence-corrected chi connectivity index (χ0v) is 16.0. The molecule has 1 aromatic rings. The molecular weight excluding hydrogens is 314 g/mol. The predicted octanol–water partition coefficient (Wildman–Crippen LogP) is 3.35. The van der Waals surface area contributed by atoms with Crippen molar-refractivity contribution in [2.24, 2.45) is 5.92 Å². The molecule has 0 heterocycles. The van der Waals surface area contributed by atoms with Crippen LogP contribution < -0.4 is 10.1 Å². The van der Waals surface area contributed by atoms with Crippen molar-refractivity contribution in [3.05, 3.63) is 29.8 Å². The molecule has 0 aromatic heterocycles. The predicted molar refractivity (Wildman–Crippen MR) is 102 cm³/mol. The van der Waals surface area contributed by atoms with Gasteiger partial charge in [0.15, 0.2) is 0 Å². The van der Waals surface area contributed by atoms with Crippen LogP contribution in [0.3, 0.4) is 0 Å². The summed E-state index contributed by atoms with van der Waals surface area (Å²) in [5, 5.41) is 3.08. The zero-order chi connectivity index (χ0) is 18.1. The highest BCUT2D eigenvalue weighted by Crippen LogP contribution is 2.24. The number of rotatable bonds is 8. The number of para-hydroxylation sites is 1. The van der Waals surface area contributed by atoms with Crippen molar-refractivity contribution in [2.75, 3.05) is 40.8 Å². The molecule has 1 aromatic carbocycles. The molecule has 5 heteroatoms. The van der Waals surface area contributed by atoms with Gasteiger partial charge in [0.2, 0.25) is 0 Å². The molecule has 0 bridgehead atoms. The number of nitrogens with zero attached hydrogens (tertiary/aromatic N) is 2. The highest BCUT2D eigenvalue weighted by Gasteiger charge is 2.21. The van der Waals surface area contributed by atoms with Gasteiger partial charge in [-0.2, -0.15) is 0 Å². The second-order valence-corrected chi connectivity index (χ2v) is 7.22. The topological polar surface area (TPSA) is 44.8 Å². The maximum atomic E-state index is 12.8. The number of likely N-dealkylation sites (N-methyl/N-ethyl adjacent to an activating group) is 1. The lowest BCUT2D eigenvalue weighted by Gasteiger charge is -2.30. The summed E-state index contributed by atoms with van der Waals surface area (Å²) < 4.78 is 5.37. The Hall–Kier alpha value is -1.75. The van der Waals surface area contributed by atoms with E-state index in [-0.39, 0.29) is 6.03 Å². The Labute approximate surface area is 152 Å². The van der Waals surface area contributed by atoms with E-state index in [1.54, 1.807) is 7.11 Å². The average molecular weight is 348 g/mol. The monoisotopic (exact) mass is 347 g/mol. The third-order valence-electron chi connectivity index (χ3n) is 4.93. The fourth-order valence-electron chi connectivity index (χ4n) is 3.41. The minimum absolute atomic E-state index is 0.0262. The highest BCUT2D eigenvalue weighted by atomic mass is 16.5. The van der Waals surface area contributed by atoms with Crippen LogP contribution in [0.4, 0.5) is 4.79 Å². The van der Waals surface area contributed by atoms with Crippen LogP contribution in [-0.2, 0) is 6.54 Å². The minimum atomic E-state index is 0.0262. The van der Waals surface area contributed by atoms with Gasteiger partial charge in [-0.3, -0.25) is 0 Å². The second kappa shape index (κ2) is 10.3. The summed E-state index contributed by atoms with van der Waals surface area (Å²) in [7, 11) is 5.75. The average Bonchev–Trinajstić information content (AvgIpc) is 2.64. The van der Waals surface area contributed by atoms with Crippen molar-refractivity contribution >= 4 is 6.03 Å². The molecule has 0 aliphatic heterocycles. The maximum absolute atomic E-state index is 12.8. The lowest BCUT2D eigenvalue weighted by molar-refractivity contribution is 0.171. The molecule has 0 atom stereocenters. The molecular formula is C20H33N3O2. The van der Waals surface area contributed by atoms with Crippen LogP contribution in [0.25, 0.3) is 0 Å². The van der Waals surface area contributed by atoms with Gasteiger partial charge in [0, 0.05) is 31.7 Å². The maximum Gasteiger partial charge on any atom is 0.317 e. The van der Waals surface area contributed by atoms with E-state index in [2.05, 4.69) is 10.2 Å². The first-order valence-electron chi connectivity index (χ1n) is 9.39. The van der Waals surface area contributed by atoms with Crippen molar-refractivity contribution in [1.29, 1.82) is 0 Å². The number of ether oxygens (including phenoxy) is 1. The number of urea groups is 1. The van der Waals surface area contributed by atoms with Crippen LogP contribution in [0.2, 0.25) is 0 Å². The van der Waals surface area contributed by atoms with Gasteiger partial charge in [0.25, 0.3) is 0 Å². The molecule has 140 valence electrons. The number of methoxy groups -OCH3 is 1. The van der Waals surface area contributed by atoms with E-state index in [4.69, 9.17) is 4.74 Å². The summed E-state index contributed by atoms with van der Waals surface area (Å²) >= 11 is 0. The minimum Gasteiger partial charge on any atom is -0.496 e. The first-order valence-corrected chi connectivity index (χ1v) is 9.39. The summed E-state index contributed by atoms with van der Waals surface area (Å²) in [6.45, 7) is 3.01. The smallest absolute Gasteiger partial charge is 0.317 e. The van der Waals surface area contributed by atoms with Gasteiger partial charge in [-0.25, -0.2) is 4.79 Å². The largest absolute Gasteiger partial charge is 0.496 e. The fraction of sp³-hybridized carbons (Fsp3) is 0.650. The molecule has 0 spiro atoms. The van der Waals surface area contributed by atoms with E-state index in [9.17, 15) is 4.79 Å². The molecule has 1 aliphatic carbocycles. The lowest BCUT2D eigenvalue weighted by atomic mass is 9.89. The normalized spacial score (nSPS) is 15.2. The molecule has 0 unspecified atom stereocenters. The quantitative estimate of drug-likeness (QED) is 0.784. The second-order valence-electron chi connectivity index (χ2n) is 7.22. The first-order chi connectivity index (χ1) is 12.1. The Morgan fingerprint density at radius 3 is 2.56 bits per heavy atom. The van der Waals surface area contributed by atoms with Gasteiger partial charge in [0.05, 0.1) is 7.11 Å². The molecule has 1 saturated carbocycles. The Morgan fingerprint density at radius 2 is 1.88 bits per heavy atom. The van der Waals surface area contributed by atoms with Gasteiger partial charge in [-0.15, -0.1) is 0 Å². The van der Waals surface area contributed by atoms with Gasteiger partial charge in [-0.1, -0.05) is 37.5 Å². The summed E-state index contributed by atoms with van der Waals surface area (Å²) in [5.74, 6) is 1.46. The van der Waals surface area contributed by atoms with Crippen LogP contribution in [0.1, 0.15) is 37.7 Å². The van der Waals surface area contributed by atoms with E-state index in [1.165, 1.54) is 32.1 Å². The van der Waals surface area contributed by atoms with Crippen LogP contribution in [0, 0.1) is 5.92 Å². The number of carbonyl (C=O) groups excluding carboxylic acids is 1. The molecule has 0 radical (unpaired) electrons. The number of hydrogen-bond acceptors (Lipinski definition) is 3. The van der Waals surface area contributed by atoms with Crippen LogP contribution in [0.15, 0.2) is 24.3 Å². The SMILES string of the molecule is COc1ccccc1CNC(=O)N(CCN(C)C)CC1CCCCC1. The third-order valence-corrected chi connectivity index (χ3v) is 4.93. The molecule has 2 amide bonds. The Balaban J connectivity index is 1.93. The van der Waals surface area contributed by atoms with Crippen LogP contribution in [-0.4, -0.2) is 56.7 Å². The van der Waals surface area contributed by atoms with Crippen molar-refractivity contribution in [2.45, 2.75) is 38.6 Å². The summed E-state index contributed by atoms with van der Waals surface area (Å²) in [6.07, 6.45) is 6.44. The van der Waals surface area contributed by atoms with E-state index in [0.29, 0.717) is 12.5 Å². The Kier molecular flexibility index (Phi) is 8.06. The van der Waals surface area contributed by atoms with Crippen molar-refractivity contribution < 1.29 is 9.53 Å². The van der Waals surface area contributed by atoms with Gasteiger partial charge in [-0.05, 0) is 38.9 Å². The zero-order valence-electron chi connectivity index (χ0n) is 16.0. The Bertz CT molecular complexity index is 527. The van der Waals surface area contributed by atoms with E-state index in [0.717, 1.165) is 30.9 Å². The summed E-state index contributed by atoms with van der Waals surface area (Å²) in [6, 6.07) is 7.85. The Morgan fingerprint density at radius 1 is 1.16 bits per heavy atom. The molecule has 5 nitrogen and oxygen atoms in total. The van der Waals surface area contributed by atoms with E-state index < -0.39 is 0 Å². The standard InChI is InChI=1S/C20H33N3O2/c1-22(2)13-14-23(16-17-9-5-4-6-10-17)20(24)21-15-18-11-7-8-12-19(18)25-3/h7-8,11-12,17H,4-6,9-10,13-16H2,1-3H3,(H,21,24). The number of carbonyl (C=O) groups is 1. The van der Waals surface area contributed by atoms with E-state index in [1.807, 2.05) is 43.3 Å². The lowest BCUT2D eigenvalue weighted by Crippen LogP contribution is -2.45. The summed E-state index contributed by atoms with van der Waals surface area (Å²) in [4.78, 5) is 16.9.